The molecule has 0 bridgehead atoms. The number of carbonyl (C=O) groups excluding carboxylic acids is 1. The van der Waals surface area contributed by atoms with Gasteiger partial charge >= 0.3 is 0 Å². The minimum absolute atomic E-state index is 0.280. The standard InChI is InChI=1S/C13H22O/c1-9-5-6-12(3)10(2)7-11(14)8-13(9,12)4/h9-10H,5-8H2,1-4H3/t9-,10-,12+,13+/m1/s1. The van der Waals surface area contributed by atoms with Crippen LogP contribution in [0.15, 0.2) is 0 Å². The molecule has 0 aromatic heterocycles. The molecule has 2 fully saturated rings. The first-order valence-electron chi connectivity index (χ1n) is 5.92. The highest BCUT2D eigenvalue weighted by Crippen LogP contribution is 2.64. The molecule has 0 saturated heterocycles. The van der Waals surface area contributed by atoms with Crippen LogP contribution in [0.4, 0.5) is 0 Å². The molecule has 0 aromatic carbocycles. The van der Waals surface area contributed by atoms with Gasteiger partial charge in [-0.1, -0.05) is 27.7 Å². The summed E-state index contributed by atoms with van der Waals surface area (Å²) >= 11 is 0. The Morgan fingerprint density at radius 3 is 2.43 bits per heavy atom. The van der Waals surface area contributed by atoms with Crippen molar-refractivity contribution in [2.75, 3.05) is 0 Å². The molecule has 0 unspecified atom stereocenters. The highest BCUT2D eigenvalue weighted by Gasteiger charge is 2.58. The first kappa shape index (κ1) is 10.2. The van der Waals surface area contributed by atoms with E-state index in [2.05, 4.69) is 27.7 Å². The second-order valence-corrected chi connectivity index (χ2v) is 6.10. The molecular weight excluding hydrogens is 172 g/mol. The molecule has 2 saturated carbocycles. The molecule has 0 heterocycles. The topological polar surface area (TPSA) is 17.1 Å². The van der Waals surface area contributed by atoms with Crippen LogP contribution in [0, 0.1) is 22.7 Å². The second-order valence-electron chi connectivity index (χ2n) is 6.10. The van der Waals surface area contributed by atoms with Gasteiger partial charge in [0.1, 0.15) is 5.78 Å². The van der Waals surface area contributed by atoms with Crippen LogP contribution in [0.3, 0.4) is 0 Å². The van der Waals surface area contributed by atoms with E-state index < -0.39 is 0 Å². The number of Topliss-reactive ketones (excluding diaryl/α,β-unsaturated/α-hetero) is 1. The van der Waals surface area contributed by atoms with Gasteiger partial charge in [0.15, 0.2) is 0 Å². The Kier molecular flexibility index (Phi) is 2.06. The van der Waals surface area contributed by atoms with Gasteiger partial charge in [0.25, 0.3) is 0 Å². The Morgan fingerprint density at radius 1 is 1.14 bits per heavy atom. The lowest BCUT2D eigenvalue weighted by Crippen LogP contribution is -2.47. The zero-order valence-electron chi connectivity index (χ0n) is 9.89. The van der Waals surface area contributed by atoms with Crippen molar-refractivity contribution in [1.82, 2.24) is 0 Å². The van der Waals surface area contributed by atoms with Crippen molar-refractivity contribution in [2.45, 2.75) is 53.4 Å². The molecule has 1 nitrogen and oxygen atoms in total. The van der Waals surface area contributed by atoms with Crippen LogP contribution < -0.4 is 0 Å². The predicted octanol–water partition coefficient (Wildman–Crippen LogP) is 3.43. The summed E-state index contributed by atoms with van der Waals surface area (Å²) in [4.78, 5) is 11.7. The smallest absolute Gasteiger partial charge is 0.133 e. The lowest BCUT2D eigenvalue weighted by atomic mass is 9.53. The van der Waals surface area contributed by atoms with Gasteiger partial charge < -0.3 is 0 Å². The van der Waals surface area contributed by atoms with Crippen LogP contribution in [0.5, 0.6) is 0 Å². The number of hydrogen-bond donors (Lipinski definition) is 0. The third-order valence-electron chi connectivity index (χ3n) is 5.67. The van der Waals surface area contributed by atoms with Crippen LogP contribution in [-0.4, -0.2) is 5.78 Å². The van der Waals surface area contributed by atoms with E-state index >= 15 is 0 Å². The summed E-state index contributed by atoms with van der Waals surface area (Å²) < 4.78 is 0. The zero-order chi connectivity index (χ0) is 10.6. The maximum Gasteiger partial charge on any atom is 0.133 e. The monoisotopic (exact) mass is 194 g/mol. The van der Waals surface area contributed by atoms with Crippen molar-refractivity contribution >= 4 is 5.78 Å². The van der Waals surface area contributed by atoms with Crippen LogP contribution in [0.2, 0.25) is 0 Å². The van der Waals surface area contributed by atoms with Crippen LogP contribution >= 0.6 is 0 Å². The van der Waals surface area contributed by atoms with Gasteiger partial charge in [-0.3, -0.25) is 4.79 Å². The van der Waals surface area contributed by atoms with Gasteiger partial charge in [0.2, 0.25) is 0 Å². The summed E-state index contributed by atoms with van der Waals surface area (Å²) in [5.41, 5.74) is 0.697. The molecule has 2 aliphatic rings. The maximum atomic E-state index is 11.7. The van der Waals surface area contributed by atoms with E-state index in [4.69, 9.17) is 0 Å². The van der Waals surface area contributed by atoms with Crippen molar-refractivity contribution < 1.29 is 4.79 Å². The number of carbonyl (C=O) groups is 1. The molecule has 2 aliphatic carbocycles. The van der Waals surface area contributed by atoms with Gasteiger partial charge in [-0.15, -0.1) is 0 Å². The number of fused-ring (bicyclic) bond motifs is 1. The zero-order valence-corrected chi connectivity index (χ0v) is 9.89. The number of ketones is 1. The quantitative estimate of drug-likeness (QED) is 0.577. The second kappa shape index (κ2) is 2.84. The summed E-state index contributed by atoms with van der Waals surface area (Å²) in [6, 6.07) is 0. The minimum Gasteiger partial charge on any atom is -0.300 e. The fourth-order valence-corrected chi connectivity index (χ4v) is 3.92. The molecule has 0 aliphatic heterocycles. The van der Waals surface area contributed by atoms with Gasteiger partial charge in [0, 0.05) is 12.8 Å². The van der Waals surface area contributed by atoms with E-state index in [1.165, 1.54) is 12.8 Å². The molecule has 0 amide bonds. The average Bonchev–Trinajstić information content (AvgIpc) is 2.30. The van der Waals surface area contributed by atoms with Gasteiger partial charge in [0.05, 0.1) is 0 Å². The normalized spacial score (nSPS) is 53.3. The Morgan fingerprint density at radius 2 is 1.79 bits per heavy atom. The third kappa shape index (κ3) is 1.04. The van der Waals surface area contributed by atoms with Crippen molar-refractivity contribution in [3.05, 3.63) is 0 Å². The molecule has 0 N–H and O–H groups in total. The lowest BCUT2D eigenvalue weighted by Gasteiger charge is -2.51. The van der Waals surface area contributed by atoms with Gasteiger partial charge in [-0.25, -0.2) is 0 Å². The molecule has 4 atom stereocenters. The fraction of sp³-hybridized carbons (Fsp3) is 0.923. The van der Waals surface area contributed by atoms with Crippen LogP contribution in [0.1, 0.15) is 53.4 Å². The molecule has 1 heteroatoms. The first-order chi connectivity index (χ1) is 6.40. The Hall–Kier alpha value is -0.330. The predicted molar refractivity (Wildman–Crippen MR) is 58.0 cm³/mol. The molecule has 0 radical (unpaired) electrons. The molecular formula is C13H22O. The first-order valence-corrected chi connectivity index (χ1v) is 5.92. The Bertz CT molecular complexity index is 270. The summed E-state index contributed by atoms with van der Waals surface area (Å²) in [5.74, 6) is 1.80. The highest BCUT2D eigenvalue weighted by molar-refractivity contribution is 5.80. The van der Waals surface area contributed by atoms with Crippen molar-refractivity contribution in [3.63, 3.8) is 0 Å². The minimum atomic E-state index is 0.280. The van der Waals surface area contributed by atoms with Crippen molar-refractivity contribution in [2.24, 2.45) is 22.7 Å². The maximum absolute atomic E-state index is 11.7. The van der Waals surface area contributed by atoms with Crippen LogP contribution in [0.25, 0.3) is 0 Å². The van der Waals surface area contributed by atoms with E-state index in [0.29, 0.717) is 17.1 Å². The molecule has 0 aromatic rings. The SMILES string of the molecule is C[C@@H]1CC(=O)C[C@@]2(C)[C@H](C)CC[C@@]12C. The van der Waals surface area contributed by atoms with Crippen LogP contribution in [-0.2, 0) is 4.79 Å². The van der Waals surface area contributed by atoms with E-state index in [-0.39, 0.29) is 5.41 Å². The third-order valence-corrected chi connectivity index (χ3v) is 5.67. The average molecular weight is 194 g/mol. The van der Waals surface area contributed by atoms with E-state index in [1.807, 2.05) is 0 Å². The molecule has 80 valence electrons. The van der Waals surface area contributed by atoms with Gasteiger partial charge in [-0.2, -0.15) is 0 Å². The fourth-order valence-electron chi connectivity index (χ4n) is 3.92. The molecule has 0 spiro atoms. The summed E-state index contributed by atoms with van der Waals surface area (Å²) in [6.45, 7) is 9.36. The van der Waals surface area contributed by atoms with E-state index in [9.17, 15) is 4.79 Å². The summed E-state index contributed by atoms with van der Waals surface area (Å²) in [6.07, 6.45) is 4.28. The Balaban J connectivity index is 2.40. The highest BCUT2D eigenvalue weighted by atomic mass is 16.1. The number of hydrogen-bond acceptors (Lipinski definition) is 1. The number of rotatable bonds is 0. The van der Waals surface area contributed by atoms with E-state index in [1.54, 1.807) is 0 Å². The molecule has 2 rings (SSSR count). The summed E-state index contributed by atoms with van der Waals surface area (Å²) in [5, 5.41) is 0. The Labute approximate surface area is 87.3 Å². The van der Waals surface area contributed by atoms with Crippen molar-refractivity contribution in [1.29, 1.82) is 0 Å². The summed E-state index contributed by atoms with van der Waals surface area (Å²) in [7, 11) is 0. The van der Waals surface area contributed by atoms with Crippen molar-refractivity contribution in [3.8, 4) is 0 Å². The van der Waals surface area contributed by atoms with Gasteiger partial charge in [-0.05, 0) is 35.5 Å². The molecule has 14 heavy (non-hydrogen) atoms. The lowest BCUT2D eigenvalue weighted by molar-refractivity contribution is -0.134. The van der Waals surface area contributed by atoms with E-state index in [0.717, 1.165) is 18.8 Å². The largest absolute Gasteiger partial charge is 0.300 e.